The Labute approximate surface area is 79.7 Å². The lowest BCUT2D eigenvalue weighted by Crippen LogP contribution is -2.39. The van der Waals surface area contributed by atoms with Crippen LogP contribution in [0.4, 0.5) is 0 Å². The number of amides is 2. The highest BCUT2D eigenvalue weighted by Crippen LogP contribution is 1.92. The van der Waals surface area contributed by atoms with Crippen LogP contribution in [0.3, 0.4) is 0 Å². The Kier molecular flexibility index (Phi) is 3.51. The van der Waals surface area contributed by atoms with Gasteiger partial charge in [0.25, 0.3) is 5.91 Å². The summed E-state index contributed by atoms with van der Waals surface area (Å²) in [4.78, 5) is 25.4. The molecule has 1 aliphatic rings. The molecule has 0 radical (unpaired) electrons. The van der Waals surface area contributed by atoms with Crippen LogP contribution >= 0.6 is 11.8 Å². The summed E-state index contributed by atoms with van der Waals surface area (Å²) in [6.45, 7) is 0.0852. The third-order valence-electron chi connectivity index (χ3n) is 1.24. The van der Waals surface area contributed by atoms with Gasteiger partial charge in [-0.15, -0.1) is 11.8 Å². The van der Waals surface area contributed by atoms with Crippen LogP contribution < -0.4 is 10.6 Å². The van der Waals surface area contributed by atoms with E-state index in [1.807, 2.05) is 6.26 Å². The molecule has 13 heavy (non-hydrogen) atoms. The van der Waals surface area contributed by atoms with Gasteiger partial charge >= 0.3 is 0 Å². The van der Waals surface area contributed by atoms with Crippen molar-refractivity contribution in [3.05, 3.63) is 11.5 Å². The number of hydrogen-bond donors (Lipinski definition) is 2. The summed E-state index contributed by atoms with van der Waals surface area (Å²) < 4.78 is 0. The molecule has 0 aromatic rings. The maximum atomic E-state index is 11.0. The zero-order valence-corrected chi connectivity index (χ0v) is 7.85. The fourth-order valence-corrected chi connectivity index (χ4v) is 0.981. The molecule has 2 N–H and O–H groups in total. The number of aliphatic imine (C=N–C) groups is 1. The minimum Gasteiger partial charge on any atom is -0.295 e. The maximum absolute atomic E-state index is 11.0. The summed E-state index contributed by atoms with van der Waals surface area (Å²) in [5.41, 5.74) is 0. The van der Waals surface area contributed by atoms with E-state index in [4.69, 9.17) is 0 Å². The van der Waals surface area contributed by atoms with Crippen molar-refractivity contribution in [3.8, 4) is 0 Å². The first kappa shape index (κ1) is 9.79. The number of rotatable bonds is 2. The molecule has 0 aromatic heterocycles. The fourth-order valence-electron chi connectivity index (χ4n) is 0.721. The highest BCUT2D eigenvalue weighted by atomic mass is 32.2. The molecule has 0 saturated carbocycles. The number of carbonyl (C=O) groups excluding carboxylic acids is 2. The Morgan fingerprint density at radius 1 is 1.77 bits per heavy atom. The van der Waals surface area contributed by atoms with Crippen LogP contribution in [0.1, 0.15) is 0 Å². The first-order chi connectivity index (χ1) is 6.22. The van der Waals surface area contributed by atoms with Gasteiger partial charge in [0.2, 0.25) is 11.9 Å². The van der Waals surface area contributed by atoms with E-state index in [1.165, 1.54) is 17.8 Å². The Morgan fingerprint density at radius 2 is 2.54 bits per heavy atom. The normalized spacial score (nSPS) is 15.8. The Morgan fingerprint density at radius 3 is 3.08 bits per heavy atom. The lowest BCUT2D eigenvalue weighted by molar-refractivity contribution is -0.117. The molecule has 2 amide bonds. The van der Waals surface area contributed by atoms with E-state index >= 15 is 0 Å². The molecule has 0 aromatic carbocycles. The molecule has 0 saturated heterocycles. The second-order valence-electron chi connectivity index (χ2n) is 2.24. The van der Waals surface area contributed by atoms with E-state index in [2.05, 4.69) is 15.6 Å². The van der Waals surface area contributed by atoms with E-state index in [1.54, 1.807) is 5.41 Å². The highest BCUT2D eigenvalue weighted by molar-refractivity contribution is 8.01. The minimum atomic E-state index is -0.296. The van der Waals surface area contributed by atoms with Gasteiger partial charge in [-0.1, -0.05) is 0 Å². The molecule has 0 bridgehead atoms. The minimum absolute atomic E-state index is 0.0852. The van der Waals surface area contributed by atoms with Crippen molar-refractivity contribution in [2.24, 2.45) is 4.99 Å². The number of hydrogen-bond acceptors (Lipinski definition) is 4. The monoisotopic (exact) mass is 199 g/mol. The second-order valence-corrected chi connectivity index (χ2v) is 2.98. The molecule has 1 heterocycles. The highest BCUT2D eigenvalue weighted by Gasteiger charge is 2.13. The van der Waals surface area contributed by atoms with Crippen molar-refractivity contribution in [3.63, 3.8) is 0 Å². The average molecular weight is 199 g/mol. The van der Waals surface area contributed by atoms with Crippen LogP contribution in [-0.2, 0) is 9.59 Å². The third kappa shape index (κ3) is 3.29. The van der Waals surface area contributed by atoms with Gasteiger partial charge in [0, 0.05) is 6.08 Å². The summed E-state index contributed by atoms with van der Waals surface area (Å²) in [6, 6.07) is 0. The van der Waals surface area contributed by atoms with Gasteiger partial charge in [-0.25, -0.2) is 4.99 Å². The van der Waals surface area contributed by atoms with Gasteiger partial charge in [-0.05, 0) is 11.7 Å². The van der Waals surface area contributed by atoms with Crippen molar-refractivity contribution in [1.29, 1.82) is 0 Å². The first-order valence-corrected chi connectivity index (χ1v) is 4.86. The molecule has 0 atom stereocenters. The number of nitrogens with one attached hydrogen (secondary N) is 2. The fraction of sp³-hybridized carbons (Fsp3) is 0.286. The van der Waals surface area contributed by atoms with Gasteiger partial charge in [0.05, 0.1) is 0 Å². The molecule has 70 valence electrons. The molecule has 0 aliphatic carbocycles. The van der Waals surface area contributed by atoms with E-state index in [0.717, 1.165) is 0 Å². The van der Waals surface area contributed by atoms with Crippen LogP contribution in [0.5, 0.6) is 0 Å². The Balaban J connectivity index is 2.37. The molecule has 5 nitrogen and oxygen atoms in total. The van der Waals surface area contributed by atoms with Crippen LogP contribution in [0, 0.1) is 0 Å². The lowest BCUT2D eigenvalue weighted by atomic mass is 10.6. The van der Waals surface area contributed by atoms with Gasteiger partial charge in [0.15, 0.2) is 0 Å². The quantitative estimate of drug-likeness (QED) is 0.587. The van der Waals surface area contributed by atoms with Crippen molar-refractivity contribution in [2.45, 2.75) is 0 Å². The molecular weight excluding hydrogens is 190 g/mol. The number of guanidine groups is 1. The molecule has 0 fully saturated rings. The lowest BCUT2D eigenvalue weighted by Gasteiger charge is -1.99. The SMILES string of the molecule is CS/C=C/C(=O)NC1=NCC(=O)N1. The number of nitrogens with zero attached hydrogens (tertiary/aromatic N) is 1. The smallest absolute Gasteiger partial charge is 0.251 e. The molecule has 0 unspecified atom stereocenters. The van der Waals surface area contributed by atoms with Gasteiger partial charge < -0.3 is 0 Å². The molecular formula is C7H9N3O2S. The zero-order chi connectivity index (χ0) is 9.68. The predicted molar refractivity (Wildman–Crippen MR) is 51.2 cm³/mol. The van der Waals surface area contributed by atoms with Crippen LogP contribution in [-0.4, -0.2) is 30.6 Å². The first-order valence-electron chi connectivity index (χ1n) is 3.57. The van der Waals surface area contributed by atoms with Crippen LogP contribution in [0.2, 0.25) is 0 Å². The Bertz CT molecular complexity index is 285. The molecule has 0 spiro atoms. The van der Waals surface area contributed by atoms with Gasteiger partial charge in [-0.3, -0.25) is 20.2 Å². The van der Waals surface area contributed by atoms with E-state index in [0.29, 0.717) is 0 Å². The molecule has 1 rings (SSSR count). The Hall–Kier alpha value is -1.30. The molecule has 1 aliphatic heterocycles. The van der Waals surface area contributed by atoms with E-state index in [-0.39, 0.29) is 24.3 Å². The van der Waals surface area contributed by atoms with Crippen molar-refractivity contribution in [2.75, 3.05) is 12.8 Å². The summed E-state index contributed by atoms with van der Waals surface area (Å²) in [6.07, 6.45) is 3.22. The number of carbonyl (C=O) groups is 2. The predicted octanol–water partition coefficient (Wildman–Crippen LogP) is -0.535. The number of thioether (sulfide) groups is 1. The third-order valence-corrected chi connectivity index (χ3v) is 1.64. The second kappa shape index (κ2) is 4.66. The van der Waals surface area contributed by atoms with Crippen molar-refractivity contribution in [1.82, 2.24) is 10.6 Å². The maximum Gasteiger partial charge on any atom is 0.251 e. The standard InChI is InChI=1S/C7H9N3O2S/c1-13-3-2-5(11)9-7-8-4-6(12)10-7/h2-3H,4H2,1H3,(H2,8,9,10,11,12)/b3-2+. The van der Waals surface area contributed by atoms with Crippen LogP contribution in [0.25, 0.3) is 0 Å². The van der Waals surface area contributed by atoms with Gasteiger partial charge in [0.1, 0.15) is 6.54 Å². The van der Waals surface area contributed by atoms with Crippen molar-refractivity contribution < 1.29 is 9.59 Å². The van der Waals surface area contributed by atoms with Crippen molar-refractivity contribution >= 4 is 29.5 Å². The summed E-state index contributed by atoms with van der Waals surface area (Å²) in [5.74, 6) is -0.278. The zero-order valence-electron chi connectivity index (χ0n) is 7.03. The van der Waals surface area contributed by atoms with Gasteiger partial charge in [-0.2, -0.15) is 0 Å². The van der Waals surface area contributed by atoms with E-state index < -0.39 is 0 Å². The van der Waals surface area contributed by atoms with Crippen LogP contribution in [0.15, 0.2) is 16.5 Å². The summed E-state index contributed by atoms with van der Waals surface area (Å²) in [7, 11) is 0. The topological polar surface area (TPSA) is 70.6 Å². The summed E-state index contributed by atoms with van der Waals surface area (Å²) in [5, 5.41) is 6.47. The average Bonchev–Trinajstić information content (AvgIpc) is 2.48. The largest absolute Gasteiger partial charge is 0.295 e. The summed E-state index contributed by atoms with van der Waals surface area (Å²) >= 11 is 1.42. The molecule has 6 heteroatoms. The van der Waals surface area contributed by atoms with E-state index in [9.17, 15) is 9.59 Å².